The number of hydrogen-bond donors (Lipinski definition) is 1. The number of carboxylic acids is 1. The molecular weight excluding hydrogens is 274 g/mol. The number of anilines is 1. The molecule has 0 saturated carbocycles. The molecule has 0 atom stereocenters. The number of carboxylic acid groups (broad SMARTS) is 1. The number of nitrogens with zero attached hydrogens (tertiary/aromatic N) is 3. The molecule has 0 aliphatic carbocycles. The Morgan fingerprint density at radius 1 is 1.45 bits per heavy atom. The number of aromatic carboxylic acids is 1. The van der Waals surface area contributed by atoms with E-state index in [9.17, 15) is 9.90 Å². The van der Waals surface area contributed by atoms with Crippen molar-refractivity contribution in [2.45, 2.75) is 27.2 Å². The van der Waals surface area contributed by atoms with Gasteiger partial charge in [0.15, 0.2) is 0 Å². The van der Waals surface area contributed by atoms with Crippen LogP contribution in [0.15, 0.2) is 6.33 Å². The van der Waals surface area contributed by atoms with Crippen molar-refractivity contribution in [3.63, 3.8) is 0 Å². The van der Waals surface area contributed by atoms with Crippen LogP contribution in [0, 0.1) is 12.8 Å². The highest BCUT2D eigenvalue weighted by atomic mass is 32.1. The molecule has 0 saturated heterocycles. The zero-order valence-corrected chi connectivity index (χ0v) is 13.0. The van der Waals surface area contributed by atoms with E-state index in [2.05, 4.69) is 28.7 Å². The fourth-order valence-corrected chi connectivity index (χ4v) is 3.09. The summed E-state index contributed by atoms with van der Waals surface area (Å²) in [5.41, 5.74) is 0.754. The maximum absolute atomic E-state index is 11.2. The van der Waals surface area contributed by atoms with Gasteiger partial charge in [-0.25, -0.2) is 14.8 Å². The third-order valence-corrected chi connectivity index (χ3v) is 4.49. The van der Waals surface area contributed by atoms with Crippen LogP contribution < -0.4 is 4.90 Å². The van der Waals surface area contributed by atoms with E-state index in [1.165, 1.54) is 17.7 Å². The summed E-state index contributed by atoms with van der Waals surface area (Å²) >= 11 is 1.21. The number of rotatable bonds is 5. The Morgan fingerprint density at radius 2 is 2.15 bits per heavy atom. The number of fused-ring (bicyclic) bond motifs is 1. The lowest BCUT2D eigenvalue weighted by atomic mass is 10.1. The highest BCUT2D eigenvalue weighted by molar-refractivity contribution is 7.20. The highest BCUT2D eigenvalue weighted by Crippen LogP contribution is 2.34. The van der Waals surface area contributed by atoms with Crippen LogP contribution in [0.25, 0.3) is 10.2 Å². The van der Waals surface area contributed by atoms with Crippen molar-refractivity contribution in [3.8, 4) is 0 Å². The Hall–Kier alpha value is -1.69. The van der Waals surface area contributed by atoms with Gasteiger partial charge in [-0.15, -0.1) is 11.3 Å². The second kappa shape index (κ2) is 5.75. The lowest BCUT2D eigenvalue weighted by molar-refractivity contribution is 0.0701. The van der Waals surface area contributed by atoms with Crippen LogP contribution in [-0.2, 0) is 0 Å². The lowest BCUT2D eigenvalue weighted by Crippen LogP contribution is -2.21. The Morgan fingerprint density at radius 3 is 2.75 bits per heavy atom. The smallest absolute Gasteiger partial charge is 0.346 e. The number of thiophene rings is 1. The van der Waals surface area contributed by atoms with Crippen LogP contribution in [-0.4, -0.2) is 34.6 Å². The molecule has 2 aromatic rings. The molecule has 0 aromatic carbocycles. The van der Waals surface area contributed by atoms with Crippen molar-refractivity contribution in [1.82, 2.24) is 9.97 Å². The molecule has 0 unspecified atom stereocenters. The SMILES string of the molecule is Cc1c(C(=O)O)sc2ncnc(N(C)CCC(C)C)c12. The third-order valence-electron chi connectivity index (χ3n) is 3.30. The van der Waals surface area contributed by atoms with E-state index < -0.39 is 5.97 Å². The maximum Gasteiger partial charge on any atom is 0.346 e. The zero-order chi connectivity index (χ0) is 14.9. The van der Waals surface area contributed by atoms with Crippen LogP contribution in [0.5, 0.6) is 0 Å². The van der Waals surface area contributed by atoms with Crippen LogP contribution >= 0.6 is 11.3 Å². The van der Waals surface area contributed by atoms with E-state index in [-0.39, 0.29) is 0 Å². The molecular formula is C14H19N3O2S. The predicted molar refractivity (Wildman–Crippen MR) is 81.8 cm³/mol. The summed E-state index contributed by atoms with van der Waals surface area (Å²) in [6.07, 6.45) is 2.57. The summed E-state index contributed by atoms with van der Waals surface area (Å²) in [7, 11) is 1.99. The second-order valence-electron chi connectivity index (χ2n) is 5.34. The summed E-state index contributed by atoms with van der Waals surface area (Å²) in [4.78, 5) is 22.9. The number of hydrogen-bond acceptors (Lipinski definition) is 5. The largest absolute Gasteiger partial charge is 0.477 e. The topological polar surface area (TPSA) is 66.3 Å². The molecule has 2 aromatic heterocycles. The van der Waals surface area contributed by atoms with Gasteiger partial charge in [-0.05, 0) is 24.8 Å². The first-order valence-corrected chi connectivity index (χ1v) is 7.42. The molecule has 0 aliphatic heterocycles. The van der Waals surface area contributed by atoms with E-state index in [1.807, 2.05) is 14.0 Å². The first kappa shape index (κ1) is 14.7. The maximum atomic E-state index is 11.2. The van der Waals surface area contributed by atoms with Crippen molar-refractivity contribution < 1.29 is 9.90 Å². The summed E-state index contributed by atoms with van der Waals surface area (Å²) in [5.74, 6) is 0.533. The molecule has 5 nitrogen and oxygen atoms in total. The van der Waals surface area contributed by atoms with Crippen LogP contribution in [0.4, 0.5) is 5.82 Å². The molecule has 0 fully saturated rings. The Kier molecular flexibility index (Phi) is 4.23. The van der Waals surface area contributed by atoms with Gasteiger partial charge in [0.2, 0.25) is 0 Å². The summed E-state index contributed by atoms with van der Waals surface area (Å²) < 4.78 is 0. The van der Waals surface area contributed by atoms with Gasteiger partial charge < -0.3 is 10.0 Å². The average molecular weight is 293 g/mol. The van der Waals surface area contributed by atoms with E-state index in [4.69, 9.17) is 0 Å². The molecule has 0 amide bonds. The second-order valence-corrected chi connectivity index (χ2v) is 6.34. The van der Waals surface area contributed by atoms with Crippen molar-refractivity contribution in [3.05, 3.63) is 16.8 Å². The van der Waals surface area contributed by atoms with Gasteiger partial charge in [-0.1, -0.05) is 13.8 Å². The fraction of sp³-hybridized carbons (Fsp3) is 0.500. The van der Waals surface area contributed by atoms with Crippen molar-refractivity contribution >= 4 is 33.3 Å². The van der Waals surface area contributed by atoms with Crippen molar-refractivity contribution in [2.24, 2.45) is 5.92 Å². The van der Waals surface area contributed by atoms with Crippen LogP contribution in [0.1, 0.15) is 35.5 Å². The van der Waals surface area contributed by atoms with Crippen LogP contribution in [0.2, 0.25) is 0 Å². The molecule has 6 heteroatoms. The number of carbonyl (C=O) groups is 1. The molecule has 2 heterocycles. The van der Waals surface area contributed by atoms with Gasteiger partial charge in [-0.3, -0.25) is 0 Å². The molecule has 0 spiro atoms. The summed E-state index contributed by atoms with van der Waals surface area (Å²) in [6.45, 7) is 7.08. The van der Waals surface area contributed by atoms with Gasteiger partial charge in [0.05, 0.1) is 5.39 Å². The standard InChI is InChI=1S/C14H19N3O2S/c1-8(2)5-6-17(4)12-10-9(3)11(14(18)19)20-13(10)16-7-15-12/h7-8H,5-6H2,1-4H3,(H,18,19). The molecule has 0 bridgehead atoms. The third kappa shape index (κ3) is 2.75. The molecule has 2 rings (SSSR count). The number of aromatic nitrogens is 2. The van der Waals surface area contributed by atoms with Crippen molar-refractivity contribution in [2.75, 3.05) is 18.5 Å². The van der Waals surface area contributed by atoms with Gasteiger partial charge in [0.25, 0.3) is 0 Å². The first-order chi connectivity index (χ1) is 9.41. The summed E-state index contributed by atoms with van der Waals surface area (Å²) in [6, 6.07) is 0. The Bertz CT molecular complexity index is 637. The van der Waals surface area contributed by atoms with Gasteiger partial charge in [0.1, 0.15) is 21.9 Å². The van der Waals surface area contributed by atoms with E-state index >= 15 is 0 Å². The fourth-order valence-electron chi connectivity index (χ4n) is 2.10. The normalized spacial score (nSPS) is 11.2. The molecule has 108 valence electrons. The first-order valence-electron chi connectivity index (χ1n) is 6.60. The van der Waals surface area contributed by atoms with Gasteiger partial charge >= 0.3 is 5.97 Å². The average Bonchev–Trinajstić information content (AvgIpc) is 2.73. The molecule has 0 aliphatic rings. The minimum atomic E-state index is -0.902. The monoisotopic (exact) mass is 293 g/mol. The molecule has 20 heavy (non-hydrogen) atoms. The number of aryl methyl sites for hydroxylation is 1. The highest BCUT2D eigenvalue weighted by Gasteiger charge is 2.20. The van der Waals surface area contributed by atoms with E-state index in [1.54, 1.807) is 0 Å². The lowest BCUT2D eigenvalue weighted by Gasteiger charge is -2.20. The minimum Gasteiger partial charge on any atom is -0.477 e. The predicted octanol–water partition coefficient (Wildman–Crippen LogP) is 3.18. The Balaban J connectivity index is 2.46. The summed E-state index contributed by atoms with van der Waals surface area (Å²) in [5, 5.41) is 10.1. The zero-order valence-electron chi connectivity index (χ0n) is 12.2. The minimum absolute atomic E-state index is 0.346. The van der Waals surface area contributed by atoms with Crippen LogP contribution in [0.3, 0.4) is 0 Å². The van der Waals surface area contributed by atoms with Crippen molar-refractivity contribution in [1.29, 1.82) is 0 Å². The quantitative estimate of drug-likeness (QED) is 0.917. The molecule has 1 N–H and O–H groups in total. The molecule has 0 radical (unpaired) electrons. The van der Waals surface area contributed by atoms with Gasteiger partial charge in [-0.2, -0.15) is 0 Å². The van der Waals surface area contributed by atoms with Gasteiger partial charge in [0, 0.05) is 13.6 Å². The van der Waals surface area contributed by atoms with E-state index in [0.29, 0.717) is 10.8 Å². The Labute approximate surface area is 122 Å². The van der Waals surface area contributed by atoms with E-state index in [0.717, 1.165) is 34.6 Å².